The summed E-state index contributed by atoms with van der Waals surface area (Å²) in [4.78, 5) is 54.3. The Hall–Kier alpha value is -4.58. The molecule has 0 aliphatic heterocycles. The second-order valence-electron chi connectivity index (χ2n) is 9.91. The zero-order valence-electron chi connectivity index (χ0n) is 25.1. The van der Waals surface area contributed by atoms with Crippen LogP contribution in [-0.4, -0.2) is 68.0 Å². The van der Waals surface area contributed by atoms with Gasteiger partial charge in [0.2, 0.25) is 17.7 Å². The zero-order chi connectivity index (χ0) is 31.6. The van der Waals surface area contributed by atoms with Crippen molar-refractivity contribution in [3.05, 3.63) is 78.4 Å². The lowest BCUT2D eigenvalue weighted by Gasteiger charge is -2.25. The molecular weight excluding hydrogens is 588 g/mol. The van der Waals surface area contributed by atoms with Crippen LogP contribution in [0.4, 0.5) is 0 Å². The Morgan fingerprint density at radius 1 is 0.864 bits per heavy atom. The molecule has 0 aliphatic rings. The number of esters is 1. The monoisotopic (exact) mass is 630 g/mol. The molecule has 0 bridgehead atoms. The normalized spacial score (nSPS) is 12.2. The van der Waals surface area contributed by atoms with Gasteiger partial charge in [0.05, 0.1) is 13.7 Å². The maximum absolute atomic E-state index is 13.5. The predicted molar refractivity (Wildman–Crippen MR) is 163 cm³/mol. The van der Waals surface area contributed by atoms with Gasteiger partial charge >= 0.3 is 11.9 Å². The van der Waals surface area contributed by atoms with E-state index in [2.05, 4.69) is 27.5 Å². The number of guanidine groups is 1. The molecule has 3 atom stereocenters. The Morgan fingerprint density at radius 2 is 1.45 bits per heavy atom. The van der Waals surface area contributed by atoms with Crippen LogP contribution in [0.5, 0.6) is 5.75 Å². The van der Waals surface area contributed by atoms with E-state index in [-0.39, 0.29) is 37.6 Å². The molecule has 0 spiro atoms. The molecule has 0 heterocycles. The van der Waals surface area contributed by atoms with Crippen molar-refractivity contribution < 1.29 is 46.1 Å². The average Bonchev–Trinajstić information content (AvgIpc) is 2.98. The number of methoxy groups -OCH3 is 1. The summed E-state index contributed by atoms with van der Waals surface area (Å²) in [5.41, 5.74) is 12.5. The number of amides is 3. The number of benzene rings is 2. The molecule has 0 saturated heterocycles. The molecule has 13 heteroatoms. The van der Waals surface area contributed by atoms with E-state index in [1.54, 1.807) is 30.3 Å². The summed E-state index contributed by atoms with van der Waals surface area (Å²) >= 11 is 0. The van der Waals surface area contributed by atoms with Crippen LogP contribution in [0, 0.1) is 0 Å². The first-order valence-corrected chi connectivity index (χ1v) is 14.1. The molecule has 0 unspecified atom stereocenters. The highest BCUT2D eigenvalue weighted by molar-refractivity contribution is 5.93. The first kappa shape index (κ1) is 37.4. The molecule has 0 saturated carbocycles. The van der Waals surface area contributed by atoms with Crippen molar-refractivity contribution in [3.8, 4) is 5.75 Å². The molecular formula is C31H43ClN6O6. The van der Waals surface area contributed by atoms with Crippen molar-refractivity contribution in [2.75, 3.05) is 20.3 Å². The number of unbranched alkanes of at least 4 members (excludes halogenated alkanes) is 1. The van der Waals surface area contributed by atoms with Gasteiger partial charge in [0.25, 0.3) is 0 Å². The summed E-state index contributed by atoms with van der Waals surface area (Å²) in [6.07, 6.45) is 3.40. The van der Waals surface area contributed by atoms with Crippen LogP contribution in [0.1, 0.15) is 37.3 Å². The zero-order valence-corrected chi connectivity index (χ0v) is 25.9. The summed E-state index contributed by atoms with van der Waals surface area (Å²) in [6, 6.07) is 13.4. The van der Waals surface area contributed by atoms with E-state index < -0.39 is 41.8 Å². The van der Waals surface area contributed by atoms with E-state index in [1.807, 2.05) is 30.3 Å². The minimum atomic E-state index is -0.999. The SMILES string of the molecule is C=CCOc1ccc(C[C@H](NC(C)=O)C(=O)N[C@@H](CCCC[NH+]=C(N)N)C(=O)N[C@@H](Cc2ccccc2)C(=O)OC)cc1.[Cl-]. The minimum Gasteiger partial charge on any atom is -1.00 e. The third kappa shape index (κ3) is 14.1. The maximum atomic E-state index is 13.5. The first-order chi connectivity index (χ1) is 20.6. The summed E-state index contributed by atoms with van der Waals surface area (Å²) in [5.74, 6) is -1.39. The van der Waals surface area contributed by atoms with E-state index in [0.717, 1.165) is 11.1 Å². The number of hydrogen-bond acceptors (Lipinski definition) is 6. The lowest BCUT2D eigenvalue weighted by atomic mass is 10.0. The van der Waals surface area contributed by atoms with Crippen LogP contribution in [0.15, 0.2) is 67.3 Å². The van der Waals surface area contributed by atoms with E-state index in [1.165, 1.54) is 14.0 Å². The number of hydrogen-bond donors (Lipinski definition) is 6. The number of carbonyl (C=O) groups excluding carboxylic acids is 4. The lowest BCUT2D eigenvalue weighted by Crippen LogP contribution is -3.00. The van der Waals surface area contributed by atoms with Crippen LogP contribution in [0.3, 0.4) is 0 Å². The molecule has 0 aliphatic carbocycles. The highest BCUT2D eigenvalue weighted by atomic mass is 35.5. The molecule has 44 heavy (non-hydrogen) atoms. The van der Waals surface area contributed by atoms with Gasteiger partial charge in [0, 0.05) is 19.8 Å². The fraction of sp³-hybridized carbons (Fsp3) is 0.387. The van der Waals surface area contributed by atoms with E-state index in [4.69, 9.17) is 20.9 Å². The Labute approximate surface area is 264 Å². The first-order valence-electron chi connectivity index (χ1n) is 14.1. The second-order valence-corrected chi connectivity index (χ2v) is 9.91. The third-order valence-electron chi connectivity index (χ3n) is 6.39. The number of halogens is 1. The van der Waals surface area contributed by atoms with Crippen molar-refractivity contribution in [1.29, 1.82) is 0 Å². The van der Waals surface area contributed by atoms with Crippen molar-refractivity contribution in [1.82, 2.24) is 16.0 Å². The molecule has 240 valence electrons. The molecule has 2 aromatic carbocycles. The third-order valence-corrected chi connectivity index (χ3v) is 6.39. The highest BCUT2D eigenvalue weighted by Crippen LogP contribution is 2.14. The van der Waals surface area contributed by atoms with Crippen LogP contribution < -0.4 is 49.6 Å². The van der Waals surface area contributed by atoms with E-state index in [0.29, 0.717) is 31.7 Å². The Morgan fingerprint density at radius 3 is 2.05 bits per heavy atom. The standard InChI is InChI=1S/C31H42N6O6.ClH/c1-4-18-43-24-15-13-23(14-16-24)19-26(35-21(2)38)29(40)36-25(12-8-9-17-34-31(32)33)28(39)37-27(30(41)42-3)20-22-10-6-5-7-11-22;/h4-7,10-11,13-16,25-27H,1,8-9,12,17-20H2,2-3H3,(H,35,38)(H,36,40)(H,37,39)(H4,32,33,34);1H/t25-,26-,27-;/m0./s1. The van der Waals surface area contributed by atoms with Gasteiger partial charge < -0.3 is 37.8 Å². The quantitative estimate of drug-likeness (QED) is 0.0318. The number of ether oxygens (including phenoxy) is 2. The molecule has 0 aromatic heterocycles. The topological polar surface area (TPSA) is 189 Å². The van der Waals surface area contributed by atoms with Crippen molar-refractivity contribution >= 4 is 29.7 Å². The van der Waals surface area contributed by atoms with Gasteiger partial charge in [0.1, 0.15) is 30.5 Å². The average molecular weight is 631 g/mol. The maximum Gasteiger partial charge on any atom is 0.338 e. The number of nitrogens with two attached hydrogens (primary N) is 2. The number of nitrogens with one attached hydrogen (secondary N) is 4. The Balaban J connectivity index is 0.00000968. The van der Waals surface area contributed by atoms with Crippen molar-refractivity contribution in [3.63, 3.8) is 0 Å². The minimum absolute atomic E-state index is 0. The van der Waals surface area contributed by atoms with E-state index in [9.17, 15) is 19.2 Å². The lowest BCUT2D eigenvalue weighted by molar-refractivity contribution is -0.459. The number of rotatable bonds is 18. The fourth-order valence-corrected chi connectivity index (χ4v) is 4.27. The molecule has 0 radical (unpaired) electrons. The molecule has 12 nitrogen and oxygen atoms in total. The van der Waals surface area contributed by atoms with Gasteiger partial charge in [-0.3, -0.25) is 30.8 Å². The van der Waals surface area contributed by atoms with Crippen LogP contribution in [0.2, 0.25) is 0 Å². The molecule has 3 amide bonds. The largest absolute Gasteiger partial charge is 1.00 e. The molecule has 0 fully saturated rings. The van der Waals surface area contributed by atoms with Crippen molar-refractivity contribution in [2.24, 2.45) is 11.5 Å². The van der Waals surface area contributed by atoms with Gasteiger partial charge in [-0.25, -0.2) is 4.79 Å². The van der Waals surface area contributed by atoms with Gasteiger partial charge in [-0.15, -0.1) is 0 Å². The predicted octanol–water partition coefficient (Wildman–Crippen LogP) is -3.79. The summed E-state index contributed by atoms with van der Waals surface area (Å²) in [7, 11) is 1.25. The van der Waals surface area contributed by atoms with Gasteiger partial charge in [-0.2, -0.15) is 0 Å². The van der Waals surface area contributed by atoms with Gasteiger partial charge in [-0.05, 0) is 42.5 Å². The van der Waals surface area contributed by atoms with Crippen molar-refractivity contribution in [2.45, 2.75) is 57.2 Å². The Kier molecular flexibility index (Phi) is 17.3. The van der Waals surface area contributed by atoms with Crippen LogP contribution in [-0.2, 0) is 36.8 Å². The van der Waals surface area contributed by atoms with Crippen LogP contribution in [0.25, 0.3) is 0 Å². The molecule has 2 rings (SSSR count). The second kappa shape index (κ2) is 20.3. The molecule has 8 N–H and O–H groups in total. The summed E-state index contributed by atoms with van der Waals surface area (Å²) in [5, 5.41) is 8.19. The summed E-state index contributed by atoms with van der Waals surface area (Å²) < 4.78 is 10.4. The van der Waals surface area contributed by atoms with E-state index >= 15 is 0 Å². The van der Waals surface area contributed by atoms with Gasteiger partial charge in [0.15, 0.2) is 0 Å². The smallest absolute Gasteiger partial charge is 0.338 e. The summed E-state index contributed by atoms with van der Waals surface area (Å²) in [6.45, 7) is 5.77. The molecule has 2 aromatic rings. The van der Waals surface area contributed by atoms with Gasteiger partial charge in [-0.1, -0.05) is 55.1 Å². The Bertz CT molecular complexity index is 1240. The fourth-order valence-electron chi connectivity index (χ4n) is 4.27. The highest BCUT2D eigenvalue weighted by Gasteiger charge is 2.30. The van der Waals surface area contributed by atoms with Crippen LogP contribution >= 0.6 is 0 Å². The number of carbonyl (C=O) groups is 4.